The van der Waals surface area contributed by atoms with Crippen LogP contribution in [0.25, 0.3) is 0 Å². The van der Waals surface area contributed by atoms with E-state index < -0.39 is 0 Å². The van der Waals surface area contributed by atoms with Crippen molar-refractivity contribution in [3.8, 4) is 5.75 Å². The number of rotatable bonds is 5. The van der Waals surface area contributed by atoms with E-state index >= 15 is 0 Å². The van der Waals surface area contributed by atoms with Crippen molar-refractivity contribution in [3.05, 3.63) is 29.8 Å². The maximum atomic E-state index is 6.10. The first-order valence-electron chi connectivity index (χ1n) is 8.39. The van der Waals surface area contributed by atoms with Gasteiger partial charge >= 0.3 is 0 Å². The molecule has 0 aromatic heterocycles. The normalized spacial score (nSPS) is 24.3. The number of hydrogen-bond donors (Lipinski definition) is 1. The Bertz CT molecular complexity index is 454. The number of ether oxygens (including phenoxy) is 2. The van der Waals surface area contributed by atoms with E-state index in [1.165, 1.54) is 37.7 Å². The van der Waals surface area contributed by atoms with Crippen LogP contribution in [0.3, 0.4) is 0 Å². The lowest BCUT2D eigenvalue weighted by atomic mass is 9.89. The summed E-state index contributed by atoms with van der Waals surface area (Å²) in [6, 6.07) is 8.99. The van der Waals surface area contributed by atoms with Crippen LogP contribution in [0.2, 0.25) is 0 Å². The van der Waals surface area contributed by atoms with Crippen LogP contribution in [0.15, 0.2) is 24.3 Å². The average Bonchev–Trinajstić information content (AvgIpc) is 2.94. The van der Waals surface area contributed by atoms with Gasteiger partial charge < -0.3 is 14.8 Å². The highest BCUT2D eigenvalue weighted by Crippen LogP contribution is 2.40. The van der Waals surface area contributed by atoms with Crippen molar-refractivity contribution >= 4 is 0 Å². The van der Waals surface area contributed by atoms with Gasteiger partial charge in [0.2, 0.25) is 0 Å². The molecule has 1 aliphatic heterocycles. The summed E-state index contributed by atoms with van der Waals surface area (Å²) in [5.41, 5.74) is 1.50. The highest BCUT2D eigenvalue weighted by molar-refractivity contribution is 5.28. The monoisotopic (exact) mass is 289 g/mol. The Morgan fingerprint density at radius 3 is 3.00 bits per heavy atom. The van der Waals surface area contributed by atoms with E-state index in [4.69, 9.17) is 9.47 Å². The number of nitrogens with one attached hydrogen (secondary N) is 1. The molecule has 3 heteroatoms. The Labute approximate surface area is 128 Å². The lowest BCUT2D eigenvalue weighted by Gasteiger charge is -2.38. The molecule has 1 saturated carbocycles. The van der Waals surface area contributed by atoms with Crippen molar-refractivity contribution in [2.75, 3.05) is 13.2 Å². The van der Waals surface area contributed by atoms with E-state index in [-0.39, 0.29) is 5.60 Å². The fraction of sp³-hybridized carbons (Fsp3) is 0.667. The maximum Gasteiger partial charge on any atom is 0.119 e. The Balaban J connectivity index is 1.53. The molecule has 1 heterocycles. The standard InChI is InChI=1S/C18H27NO2/c1-2-20-17-7-5-6-15(12-17)14-19-16-8-11-21-18(13-16)9-3-4-10-18/h5-7,12,16,19H,2-4,8-11,13-14H2,1H3. The van der Waals surface area contributed by atoms with Crippen molar-refractivity contribution in [3.63, 3.8) is 0 Å². The Hall–Kier alpha value is -1.06. The lowest BCUT2D eigenvalue weighted by Crippen LogP contribution is -2.45. The SMILES string of the molecule is CCOc1cccc(CNC2CCOC3(CCCC3)C2)c1. The molecule has 2 aliphatic rings. The maximum absolute atomic E-state index is 6.10. The molecule has 3 rings (SSSR count). The van der Waals surface area contributed by atoms with Crippen molar-refractivity contribution in [1.82, 2.24) is 5.32 Å². The summed E-state index contributed by atoms with van der Waals surface area (Å²) in [7, 11) is 0. The molecule has 0 amide bonds. The molecular formula is C18H27NO2. The molecule has 3 nitrogen and oxygen atoms in total. The van der Waals surface area contributed by atoms with Crippen molar-refractivity contribution in [2.24, 2.45) is 0 Å². The average molecular weight is 289 g/mol. The molecule has 21 heavy (non-hydrogen) atoms. The molecule has 1 spiro atoms. The van der Waals surface area contributed by atoms with E-state index in [0.29, 0.717) is 6.04 Å². The van der Waals surface area contributed by atoms with Gasteiger partial charge in [-0.25, -0.2) is 0 Å². The smallest absolute Gasteiger partial charge is 0.119 e. The van der Waals surface area contributed by atoms with Crippen molar-refractivity contribution in [1.29, 1.82) is 0 Å². The predicted octanol–water partition coefficient (Wildman–Crippen LogP) is 3.67. The van der Waals surface area contributed by atoms with E-state index in [1.807, 2.05) is 13.0 Å². The van der Waals surface area contributed by atoms with Crippen LogP contribution in [0.5, 0.6) is 5.75 Å². The predicted molar refractivity (Wildman–Crippen MR) is 84.6 cm³/mol. The van der Waals surface area contributed by atoms with Crippen molar-refractivity contribution in [2.45, 2.75) is 63.6 Å². The second-order valence-corrected chi connectivity index (χ2v) is 6.39. The largest absolute Gasteiger partial charge is 0.494 e. The highest BCUT2D eigenvalue weighted by Gasteiger charge is 2.39. The zero-order valence-corrected chi connectivity index (χ0v) is 13.1. The van der Waals surface area contributed by atoms with Crippen LogP contribution in [0, 0.1) is 0 Å². The second-order valence-electron chi connectivity index (χ2n) is 6.39. The van der Waals surface area contributed by atoms with Crippen LogP contribution in [-0.4, -0.2) is 24.9 Å². The molecule has 2 fully saturated rings. The highest BCUT2D eigenvalue weighted by atomic mass is 16.5. The molecule has 0 bridgehead atoms. The zero-order valence-electron chi connectivity index (χ0n) is 13.1. The summed E-state index contributed by atoms with van der Waals surface area (Å²) < 4.78 is 11.7. The lowest BCUT2D eigenvalue weighted by molar-refractivity contribution is -0.0837. The van der Waals surface area contributed by atoms with Crippen molar-refractivity contribution < 1.29 is 9.47 Å². The molecule has 0 radical (unpaired) electrons. The van der Waals surface area contributed by atoms with Gasteiger partial charge in [-0.3, -0.25) is 0 Å². The summed E-state index contributed by atoms with van der Waals surface area (Å²) >= 11 is 0. The minimum absolute atomic E-state index is 0.198. The quantitative estimate of drug-likeness (QED) is 0.897. The Kier molecular flexibility index (Phi) is 4.81. The summed E-state index contributed by atoms with van der Waals surface area (Å²) in [4.78, 5) is 0. The number of benzene rings is 1. The summed E-state index contributed by atoms with van der Waals surface area (Å²) in [5, 5.41) is 3.72. The molecule has 1 unspecified atom stereocenters. The molecule has 1 aliphatic carbocycles. The van der Waals surface area contributed by atoms with Crippen LogP contribution < -0.4 is 10.1 Å². The van der Waals surface area contributed by atoms with E-state index in [1.54, 1.807) is 0 Å². The second kappa shape index (κ2) is 6.80. The fourth-order valence-corrected chi connectivity index (χ4v) is 3.74. The molecule has 1 atom stereocenters. The topological polar surface area (TPSA) is 30.5 Å². The first kappa shape index (κ1) is 14.9. The Morgan fingerprint density at radius 2 is 2.19 bits per heavy atom. The summed E-state index contributed by atoms with van der Waals surface area (Å²) in [5.74, 6) is 0.969. The third-order valence-corrected chi connectivity index (χ3v) is 4.81. The van der Waals surface area contributed by atoms with Gasteiger partial charge in [-0.05, 0) is 50.3 Å². The van der Waals surface area contributed by atoms with Crippen LogP contribution in [-0.2, 0) is 11.3 Å². The van der Waals surface area contributed by atoms with Crippen LogP contribution in [0.1, 0.15) is 51.0 Å². The molecule has 1 N–H and O–H groups in total. The fourth-order valence-electron chi connectivity index (χ4n) is 3.74. The molecule has 1 aromatic rings. The molecule has 1 aromatic carbocycles. The minimum Gasteiger partial charge on any atom is -0.494 e. The van der Waals surface area contributed by atoms with Crippen LogP contribution >= 0.6 is 0 Å². The summed E-state index contributed by atoms with van der Waals surface area (Å²) in [6.07, 6.45) is 7.49. The van der Waals surface area contributed by atoms with Gasteiger partial charge in [-0.15, -0.1) is 0 Å². The van der Waals surface area contributed by atoms with Crippen LogP contribution in [0.4, 0.5) is 0 Å². The van der Waals surface area contributed by atoms with Gasteiger partial charge in [0.25, 0.3) is 0 Å². The molecular weight excluding hydrogens is 262 g/mol. The third-order valence-electron chi connectivity index (χ3n) is 4.81. The van der Waals surface area contributed by atoms with Gasteiger partial charge in [0.15, 0.2) is 0 Å². The van der Waals surface area contributed by atoms with Gasteiger partial charge in [-0.2, -0.15) is 0 Å². The third kappa shape index (κ3) is 3.78. The van der Waals surface area contributed by atoms with E-state index in [2.05, 4.69) is 23.5 Å². The Morgan fingerprint density at radius 1 is 1.33 bits per heavy atom. The van der Waals surface area contributed by atoms with Gasteiger partial charge in [0, 0.05) is 19.2 Å². The number of hydrogen-bond acceptors (Lipinski definition) is 3. The minimum atomic E-state index is 0.198. The molecule has 116 valence electrons. The first-order valence-corrected chi connectivity index (χ1v) is 8.39. The van der Waals surface area contributed by atoms with Gasteiger partial charge in [0.1, 0.15) is 5.75 Å². The van der Waals surface area contributed by atoms with E-state index in [0.717, 1.165) is 31.9 Å². The summed E-state index contributed by atoms with van der Waals surface area (Å²) in [6.45, 7) is 4.58. The first-order chi connectivity index (χ1) is 10.3. The molecule has 1 saturated heterocycles. The zero-order chi connectivity index (χ0) is 14.5. The van der Waals surface area contributed by atoms with E-state index in [9.17, 15) is 0 Å². The van der Waals surface area contributed by atoms with Gasteiger partial charge in [-0.1, -0.05) is 25.0 Å². The van der Waals surface area contributed by atoms with Gasteiger partial charge in [0.05, 0.1) is 12.2 Å².